The monoisotopic (exact) mass is 413 g/mol. The van der Waals surface area contributed by atoms with Crippen molar-refractivity contribution in [3.63, 3.8) is 0 Å². The van der Waals surface area contributed by atoms with Crippen molar-refractivity contribution in [3.05, 3.63) is 30.3 Å². The number of likely N-dealkylation sites (tertiary alicyclic amines) is 3. The SMILES string of the molecule is CCN1C(=O)[C@H]2CN(C(=O)N(C)C)C[C@H]2C12CCN(C(=O)Nc1ccccc1)CC2. The minimum atomic E-state index is -0.263. The van der Waals surface area contributed by atoms with Gasteiger partial charge in [-0.15, -0.1) is 0 Å². The molecule has 2 atom stereocenters. The molecule has 3 fully saturated rings. The maximum atomic E-state index is 13.2. The highest BCUT2D eigenvalue weighted by Crippen LogP contribution is 2.49. The minimum Gasteiger partial charge on any atom is -0.336 e. The number of piperidine rings is 1. The predicted molar refractivity (Wildman–Crippen MR) is 114 cm³/mol. The third kappa shape index (κ3) is 3.28. The lowest BCUT2D eigenvalue weighted by molar-refractivity contribution is -0.135. The molecule has 30 heavy (non-hydrogen) atoms. The second kappa shape index (κ2) is 7.81. The molecule has 4 rings (SSSR count). The molecule has 3 saturated heterocycles. The van der Waals surface area contributed by atoms with Crippen LogP contribution in [0.5, 0.6) is 0 Å². The van der Waals surface area contributed by atoms with E-state index in [0.29, 0.717) is 32.7 Å². The first kappa shape index (κ1) is 20.5. The molecule has 5 amide bonds. The maximum Gasteiger partial charge on any atom is 0.321 e. The number of hydrogen-bond donors (Lipinski definition) is 1. The molecule has 1 aromatic carbocycles. The summed E-state index contributed by atoms with van der Waals surface area (Å²) in [5.41, 5.74) is 0.518. The van der Waals surface area contributed by atoms with E-state index < -0.39 is 0 Å². The van der Waals surface area contributed by atoms with E-state index in [0.717, 1.165) is 18.5 Å². The predicted octanol–water partition coefficient (Wildman–Crippen LogP) is 2.14. The molecule has 8 nitrogen and oxygen atoms in total. The highest BCUT2D eigenvalue weighted by atomic mass is 16.2. The van der Waals surface area contributed by atoms with E-state index >= 15 is 0 Å². The normalized spacial score (nSPS) is 24.9. The largest absolute Gasteiger partial charge is 0.336 e. The third-order valence-corrected chi connectivity index (χ3v) is 7.04. The zero-order chi connectivity index (χ0) is 21.5. The maximum absolute atomic E-state index is 13.2. The first-order valence-electron chi connectivity index (χ1n) is 10.8. The minimum absolute atomic E-state index is 0.0323. The van der Waals surface area contributed by atoms with Crippen LogP contribution in [0.1, 0.15) is 19.8 Å². The van der Waals surface area contributed by atoms with Crippen LogP contribution in [0.15, 0.2) is 30.3 Å². The van der Waals surface area contributed by atoms with Crippen molar-refractivity contribution < 1.29 is 14.4 Å². The Labute approximate surface area is 177 Å². The fourth-order valence-electron chi connectivity index (χ4n) is 5.59. The molecule has 162 valence electrons. The number of fused-ring (bicyclic) bond motifs is 2. The number of benzene rings is 1. The van der Waals surface area contributed by atoms with E-state index in [4.69, 9.17) is 0 Å². The Morgan fingerprint density at radius 3 is 2.37 bits per heavy atom. The second-order valence-corrected chi connectivity index (χ2v) is 8.76. The molecular weight excluding hydrogens is 382 g/mol. The quantitative estimate of drug-likeness (QED) is 0.807. The average Bonchev–Trinajstić information content (AvgIpc) is 3.27. The second-order valence-electron chi connectivity index (χ2n) is 8.76. The molecule has 1 N–H and O–H groups in total. The van der Waals surface area contributed by atoms with Crippen molar-refractivity contribution in [2.45, 2.75) is 25.3 Å². The van der Waals surface area contributed by atoms with Crippen molar-refractivity contribution in [2.75, 3.05) is 52.1 Å². The number of para-hydroxylation sites is 1. The molecule has 3 heterocycles. The topological polar surface area (TPSA) is 76.2 Å². The number of carbonyl (C=O) groups excluding carboxylic acids is 3. The lowest BCUT2D eigenvalue weighted by Crippen LogP contribution is -2.58. The molecule has 0 radical (unpaired) electrons. The van der Waals surface area contributed by atoms with Gasteiger partial charge < -0.3 is 24.9 Å². The third-order valence-electron chi connectivity index (χ3n) is 7.04. The van der Waals surface area contributed by atoms with Crippen molar-refractivity contribution >= 4 is 23.7 Å². The van der Waals surface area contributed by atoms with Gasteiger partial charge in [0.05, 0.1) is 11.5 Å². The summed E-state index contributed by atoms with van der Waals surface area (Å²) in [5, 5.41) is 2.95. The molecule has 8 heteroatoms. The number of hydrogen-bond acceptors (Lipinski definition) is 3. The van der Waals surface area contributed by atoms with Gasteiger partial charge in [0.1, 0.15) is 0 Å². The number of rotatable bonds is 2. The summed E-state index contributed by atoms with van der Waals surface area (Å²) in [6, 6.07) is 9.31. The summed E-state index contributed by atoms with van der Waals surface area (Å²) >= 11 is 0. The number of amides is 5. The smallest absolute Gasteiger partial charge is 0.321 e. The summed E-state index contributed by atoms with van der Waals surface area (Å²) < 4.78 is 0. The zero-order valence-corrected chi connectivity index (χ0v) is 18.0. The molecule has 0 unspecified atom stereocenters. The molecule has 1 aromatic rings. The van der Waals surface area contributed by atoms with Crippen LogP contribution < -0.4 is 5.32 Å². The molecular formula is C22H31N5O3. The Hall–Kier alpha value is -2.77. The van der Waals surface area contributed by atoms with Gasteiger partial charge in [-0.1, -0.05) is 18.2 Å². The van der Waals surface area contributed by atoms with Gasteiger partial charge in [0, 0.05) is 58.4 Å². The molecule has 3 aliphatic rings. The van der Waals surface area contributed by atoms with Crippen LogP contribution >= 0.6 is 0 Å². The van der Waals surface area contributed by atoms with Gasteiger partial charge in [-0.2, -0.15) is 0 Å². The van der Waals surface area contributed by atoms with E-state index in [9.17, 15) is 14.4 Å². The van der Waals surface area contributed by atoms with E-state index in [-0.39, 0.29) is 35.3 Å². The van der Waals surface area contributed by atoms with Gasteiger partial charge in [0.15, 0.2) is 0 Å². The van der Waals surface area contributed by atoms with E-state index in [1.165, 1.54) is 0 Å². The number of nitrogens with zero attached hydrogens (tertiary/aromatic N) is 4. The lowest BCUT2D eigenvalue weighted by Gasteiger charge is -2.47. The van der Waals surface area contributed by atoms with Crippen LogP contribution in [0.2, 0.25) is 0 Å². The van der Waals surface area contributed by atoms with Crippen LogP contribution in [0, 0.1) is 11.8 Å². The standard InChI is InChI=1S/C22H31N5O3/c1-4-27-19(28)17-14-26(21(30)24(2)3)15-18(17)22(27)10-12-25(13-11-22)20(29)23-16-8-6-5-7-9-16/h5-9,17-18H,4,10-15H2,1-3H3,(H,23,29)/t17-,18+/m0/s1. The molecule has 0 bridgehead atoms. The van der Waals surface area contributed by atoms with E-state index in [2.05, 4.69) is 5.32 Å². The molecule has 1 spiro atoms. The Balaban J connectivity index is 1.47. The van der Waals surface area contributed by atoms with Gasteiger partial charge in [-0.05, 0) is 31.9 Å². The van der Waals surface area contributed by atoms with Gasteiger partial charge in [0.25, 0.3) is 0 Å². The van der Waals surface area contributed by atoms with Crippen LogP contribution in [0.4, 0.5) is 15.3 Å². The van der Waals surface area contributed by atoms with Gasteiger partial charge in [-0.25, -0.2) is 9.59 Å². The van der Waals surface area contributed by atoms with Gasteiger partial charge >= 0.3 is 12.1 Å². The summed E-state index contributed by atoms with van der Waals surface area (Å²) in [6.07, 6.45) is 1.50. The zero-order valence-electron chi connectivity index (χ0n) is 18.0. The van der Waals surface area contributed by atoms with Crippen molar-refractivity contribution in [1.29, 1.82) is 0 Å². The Morgan fingerprint density at radius 2 is 1.77 bits per heavy atom. The number of carbonyl (C=O) groups is 3. The highest BCUT2D eigenvalue weighted by Gasteiger charge is 2.62. The van der Waals surface area contributed by atoms with Crippen molar-refractivity contribution in [3.8, 4) is 0 Å². The van der Waals surface area contributed by atoms with Crippen molar-refractivity contribution in [1.82, 2.24) is 19.6 Å². The fourth-order valence-corrected chi connectivity index (χ4v) is 5.59. The average molecular weight is 414 g/mol. The summed E-state index contributed by atoms with van der Waals surface area (Å²) in [4.78, 5) is 45.6. The van der Waals surface area contributed by atoms with E-state index in [1.807, 2.05) is 52.0 Å². The molecule has 3 aliphatic heterocycles. The summed E-state index contributed by atoms with van der Waals surface area (Å²) in [5.74, 6) is 0.172. The Morgan fingerprint density at radius 1 is 1.10 bits per heavy atom. The molecule has 0 aromatic heterocycles. The first-order valence-corrected chi connectivity index (χ1v) is 10.8. The van der Waals surface area contributed by atoms with Crippen LogP contribution in [0.3, 0.4) is 0 Å². The molecule has 0 saturated carbocycles. The van der Waals surface area contributed by atoms with Gasteiger partial charge in [-0.3, -0.25) is 4.79 Å². The van der Waals surface area contributed by atoms with Crippen LogP contribution in [0.25, 0.3) is 0 Å². The van der Waals surface area contributed by atoms with E-state index in [1.54, 1.807) is 19.0 Å². The highest BCUT2D eigenvalue weighted by molar-refractivity contribution is 5.89. The Bertz CT molecular complexity index is 819. The number of urea groups is 2. The number of nitrogens with one attached hydrogen (secondary N) is 1. The van der Waals surface area contributed by atoms with Crippen LogP contribution in [-0.4, -0.2) is 89.9 Å². The number of anilines is 1. The first-order chi connectivity index (χ1) is 14.4. The lowest BCUT2D eigenvalue weighted by atomic mass is 9.75. The van der Waals surface area contributed by atoms with Crippen LogP contribution in [-0.2, 0) is 4.79 Å². The molecule has 0 aliphatic carbocycles. The fraction of sp³-hybridized carbons (Fsp3) is 0.591. The van der Waals surface area contributed by atoms with Crippen molar-refractivity contribution in [2.24, 2.45) is 11.8 Å². The summed E-state index contributed by atoms with van der Waals surface area (Å²) in [6.45, 7) is 5.01. The Kier molecular flexibility index (Phi) is 5.34. The van der Waals surface area contributed by atoms with Gasteiger partial charge in [0.2, 0.25) is 5.91 Å². The summed E-state index contributed by atoms with van der Waals surface area (Å²) in [7, 11) is 3.49.